The zero-order valence-electron chi connectivity index (χ0n) is 17.2. The number of ketones is 1. The first-order valence-corrected chi connectivity index (χ1v) is 10.7. The number of nitrogens with zero attached hydrogens (tertiary/aromatic N) is 1. The smallest absolute Gasteiger partial charge is 0.338 e. The minimum atomic E-state index is -3.55. The summed E-state index contributed by atoms with van der Waals surface area (Å²) in [5.74, 6) is 0.113. The summed E-state index contributed by atoms with van der Waals surface area (Å²) in [5.41, 5.74) is 1.30. The van der Waals surface area contributed by atoms with Gasteiger partial charge in [0.2, 0.25) is 10.0 Å². The highest BCUT2D eigenvalue weighted by Gasteiger charge is 2.17. The molecular weight excluding hydrogens is 418 g/mol. The van der Waals surface area contributed by atoms with Crippen molar-refractivity contribution in [3.8, 4) is 11.3 Å². The molecule has 0 saturated heterocycles. The van der Waals surface area contributed by atoms with Crippen molar-refractivity contribution in [2.75, 3.05) is 21.2 Å². The number of sulfonamides is 1. The van der Waals surface area contributed by atoms with Gasteiger partial charge >= 0.3 is 5.97 Å². The number of furan rings is 1. The average molecular weight is 439 g/mol. The summed E-state index contributed by atoms with van der Waals surface area (Å²) in [5, 5.41) is 0. The molecule has 0 radical (unpaired) electrons. The molecule has 0 aliphatic rings. The lowest BCUT2D eigenvalue weighted by Crippen LogP contribution is -2.22. The molecular formula is C23H21NO6S. The predicted octanol–water partition coefficient (Wildman–Crippen LogP) is 3.88. The van der Waals surface area contributed by atoms with Gasteiger partial charge in [0.15, 0.2) is 5.78 Å². The number of ether oxygens (including phenoxy) is 1. The first kappa shape index (κ1) is 22.2. The van der Waals surface area contributed by atoms with Gasteiger partial charge < -0.3 is 9.15 Å². The number of carbonyl (C=O) groups excluding carboxylic acids is 2. The van der Waals surface area contributed by atoms with Gasteiger partial charge in [-0.1, -0.05) is 18.2 Å². The Balaban J connectivity index is 1.78. The Bertz CT molecular complexity index is 1240. The van der Waals surface area contributed by atoms with Gasteiger partial charge in [0, 0.05) is 25.2 Å². The lowest BCUT2D eigenvalue weighted by Gasteiger charge is -2.11. The van der Waals surface area contributed by atoms with Crippen LogP contribution in [0.5, 0.6) is 0 Å². The Morgan fingerprint density at radius 3 is 2.29 bits per heavy atom. The van der Waals surface area contributed by atoms with Crippen LogP contribution in [0.15, 0.2) is 76.1 Å². The maximum Gasteiger partial charge on any atom is 0.338 e. The fourth-order valence-electron chi connectivity index (χ4n) is 2.83. The van der Waals surface area contributed by atoms with Crippen molar-refractivity contribution in [2.45, 2.75) is 4.90 Å². The molecule has 7 nitrogen and oxygen atoms in total. The van der Waals surface area contributed by atoms with Gasteiger partial charge in [0.25, 0.3) is 0 Å². The highest BCUT2D eigenvalue weighted by atomic mass is 32.2. The molecule has 0 atom stereocenters. The van der Waals surface area contributed by atoms with E-state index in [9.17, 15) is 18.0 Å². The molecule has 0 N–H and O–H groups in total. The third-order valence-electron chi connectivity index (χ3n) is 4.54. The van der Waals surface area contributed by atoms with Crippen molar-refractivity contribution in [1.82, 2.24) is 4.31 Å². The van der Waals surface area contributed by atoms with Crippen molar-refractivity contribution >= 4 is 27.9 Å². The molecule has 160 valence electrons. The zero-order valence-corrected chi connectivity index (χ0v) is 18.0. The van der Waals surface area contributed by atoms with Crippen LogP contribution >= 0.6 is 0 Å². The van der Waals surface area contributed by atoms with Crippen LogP contribution in [-0.2, 0) is 14.8 Å². The van der Waals surface area contributed by atoms with Crippen LogP contribution in [0.3, 0.4) is 0 Å². The second-order valence-electron chi connectivity index (χ2n) is 6.75. The van der Waals surface area contributed by atoms with Crippen LogP contribution in [0.2, 0.25) is 0 Å². The Labute approximate surface area is 180 Å². The lowest BCUT2D eigenvalue weighted by molar-refractivity contribution is 0.0601. The first-order valence-electron chi connectivity index (χ1n) is 9.26. The Morgan fingerprint density at radius 2 is 1.65 bits per heavy atom. The molecule has 0 amide bonds. The molecule has 2 aromatic carbocycles. The number of benzene rings is 2. The van der Waals surface area contributed by atoms with E-state index in [-0.39, 0.29) is 10.7 Å². The van der Waals surface area contributed by atoms with Crippen molar-refractivity contribution in [3.63, 3.8) is 0 Å². The van der Waals surface area contributed by atoms with Gasteiger partial charge in [-0.2, -0.15) is 0 Å². The molecule has 0 saturated carbocycles. The van der Waals surface area contributed by atoms with E-state index < -0.39 is 16.0 Å². The molecule has 8 heteroatoms. The molecule has 3 rings (SSSR count). The third kappa shape index (κ3) is 4.82. The van der Waals surface area contributed by atoms with Crippen molar-refractivity contribution in [3.05, 3.63) is 83.6 Å². The van der Waals surface area contributed by atoms with Gasteiger partial charge in [0.1, 0.15) is 11.5 Å². The van der Waals surface area contributed by atoms with E-state index in [4.69, 9.17) is 9.15 Å². The van der Waals surface area contributed by atoms with E-state index in [1.165, 1.54) is 57.6 Å². The molecule has 1 heterocycles. The maximum atomic E-state index is 12.4. The van der Waals surface area contributed by atoms with E-state index in [0.29, 0.717) is 28.2 Å². The Hall–Kier alpha value is -3.49. The Morgan fingerprint density at radius 1 is 0.968 bits per heavy atom. The molecule has 0 aliphatic heterocycles. The SMILES string of the molecule is COC(=O)c1ccccc1-c1ccc(C=CC(=O)c2ccc(S(=O)(=O)N(C)C)cc2)o1. The number of hydrogen-bond donors (Lipinski definition) is 0. The monoisotopic (exact) mass is 439 g/mol. The van der Waals surface area contributed by atoms with E-state index in [1.807, 2.05) is 0 Å². The fraction of sp³-hybridized carbons (Fsp3) is 0.130. The summed E-state index contributed by atoms with van der Waals surface area (Å²) >= 11 is 0. The summed E-state index contributed by atoms with van der Waals surface area (Å²) < 4.78 is 35.9. The van der Waals surface area contributed by atoms with Crippen LogP contribution in [-0.4, -0.2) is 45.7 Å². The maximum absolute atomic E-state index is 12.4. The molecule has 1 aromatic heterocycles. The normalized spacial score (nSPS) is 11.7. The van der Waals surface area contributed by atoms with Gasteiger partial charge in [0.05, 0.1) is 17.6 Å². The first-order chi connectivity index (χ1) is 14.7. The van der Waals surface area contributed by atoms with Crippen LogP contribution in [0, 0.1) is 0 Å². The molecule has 0 fully saturated rings. The van der Waals surface area contributed by atoms with Gasteiger partial charge in [-0.3, -0.25) is 4.79 Å². The van der Waals surface area contributed by atoms with Crippen LogP contribution in [0.1, 0.15) is 26.5 Å². The van der Waals surface area contributed by atoms with Crippen molar-refractivity contribution < 1.29 is 27.2 Å². The minimum Gasteiger partial charge on any atom is -0.465 e. The van der Waals surface area contributed by atoms with E-state index in [2.05, 4.69) is 0 Å². The molecule has 3 aromatic rings. The number of esters is 1. The number of allylic oxidation sites excluding steroid dienone is 1. The summed E-state index contributed by atoms with van der Waals surface area (Å²) in [7, 11) is 0.641. The highest BCUT2D eigenvalue weighted by molar-refractivity contribution is 7.89. The van der Waals surface area contributed by atoms with E-state index >= 15 is 0 Å². The predicted molar refractivity (Wildman–Crippen MR) is 116 cm³/mol. The topological polar surface area (TPSA) is 93.9 Å². The van der Waals surface area contributed by atoms with Crippen LogP contribution < -0.4 is 0 Å². The fourth-order valence-corrected chi connectivity index (χ4v) is 3.73. The lowest BCUT2D eigenvalue weighted by atomic mass is 10.1. The van der Waals surface area contributed by atoms with E-state index in [0.717, 1.165) is 4.31 Å². The van der Waals surface area contributed by atoms with Crippen molar-refractivity contribution in [2.24, 2.45) is 0 Å². The number of hydrogen-bond acceptors (Lipinski definition) is 6. The molecule has 0 aliphatic carbocycles. The van der Waals surface area contributed by atoms with Gasteiger partial charge in [-0.05, 0) is 54.6 Å². The van der Waals surface area contributed by atoms with Crippen LogP contribution in [0.4, 0.5) is 0 Å². The van der Waals surface area contributed by atoms with Gasteiger partial charge in [-0.25, -0.2) is 17.5 Å². The van der Waals surface area contributed by atoms with Crippen LogP contribution in [0.25, 0.3) is 17.4 Å². The zero-order chi connectivity index (χ0) is 22.6. The molecule has 0 unspecified atom stereocenters. The second-order valence-corrected chi connectivity index (χ2v) is 8.90. The summed E-state index contributed by atoms with van der Waals surface area (Å²) in [6.07, 6.45) is 2.85. The number of carbonyl (C=O) groups is 2. The summed E-state index contributed by atoms with van der Waals surface area (Å²) in [6.45, 7) is 0. The largest absolute Gasteiger partial charge is 0.465 e. The van der Waals surface area contributed by atoms with Gasteiger partial charge in [-0.15, -0.1) is 0 Å². The minimum absolute atomic E-state index is 0.109. The third-order valence-corrected chi connectivity index (χ3v) is 6.37. The second kappa shape index (κ2) is 9.11. The van der Waals surface area contributed by atoms with Crippen molar-refractivity contribution in [1.29, 1.82) is 0 Å². The average Bonchev–Trinajstić information content (AvgIpc) is 3.25. The summed E-state index contributed by atoms with van der Waals surface area (Å²) in [6, 6.07) is 16.0. The molecule has 31 heavy (non-hydrogen) atoms. The standard InChI is InChI=1S/C23H21NO6S/c1-24(2)31(27,28)18-12-8-16(9-13-18)21(25)14-10-17-11-15-22(30-17)19-6-4-5-7-20(19)23(26)29-3/h4-15H,1-3H3. The molecule has 0 spiro atoms. The number of methoxy groups -OCH3 is 1. The number of rotatable bonds is 7. The quantitative estimate of drug-likeness (QED) is 0.315. The summed E-state index contributed by atoms with van der Waals surface area (Å²) in [4.78, 5) is 24.5. The van der Waals surface area contributed by atoms with E-state index in [1.54, 1.807) is 36.4 Å². The molecule has 0 bridgehead atoms. The highest BCUT2D eigenvalue weighted by Crippen LogP contribution is 2.27. The Kier molecular flexibility index (Phi) is 6.53.